The molecule has 5 atom stereocenters. The quantitative estimate of drug-likeness (QED) is 0.163. The molecule has 0 N–H and O–H groups in total. The van der Waals surface area contributed by atoms with Gasteiger partial charge in [-0.2, -0.15) is 0 Å². The van der Waals surface area contributed by atoms with Crippen molar-refractivity contribution in [3.63, 3.8) is 0 Å². The van der Waals surface area contributed by atoms with Gasteiger partial charge >= 0.3 is 0 Å². The van der Waals surface area contributed by atoms with E-state index in [9.17, 15) is 0 Å². The summed E-state index contributed by atoms with van der Waals surface area (Å²) in [5.41, 5.74) is 21.3. The fraction of sp³-hybridized carbons (Fsp3) is 0.188. The maximum atomic E-state index is 4.59. The molecule has 23 rings (SSSR count). The molecule has 6 aromatic carbocycles. The number of rotatable bonds is 4. The first-order chi connectivity index (χ1) is 50.3. The summed E-state index contributed by atoms with van der Waals surface area (Å²) in [6, 6.07) is 62.1. The van der Waals surface area contributed by atoms with Gasteiger partial charge in [0.25, 0.3) is 0 Å². The third-order valence-corrected chi connectivity index (χ3v) is 21.8. The molecule has 10 aliphatic heterocycles. The molecular weight excluding hydrogens is 1290 g/mol. The first-order valence-corrected chi connectivity index (χ1v) is 35.5. The number of aromatic nitrogens is 11. The average molecular weight is 1360 g/mol. The van der Waals surface area contributed by atoms with Crippen LogP contribution in [-0.4, -0.2) is 98.7 Å². The van der Waals surface area contributed by atoms with Crippen LogP contribution in [0.1, 0.15) is 47.2 Å². The third-order valence-electron chi connectivity index (χ3n) is 20.9. The van der Waals surface area contributed by atoms with Gasteiger partial charge in [-0.3, -0.25) is 9.80 Å². The van der Waals surface area contributed by atoms with Crippen LogP contribution < -0.4 is 49.0 Å². The van der Waals surface area contributed by atoms with Crippen LogP contribution >= 0.6 is 11.3 Å². The van der Waals surface area contributed by atoms with Crippen LogP contribution in [0.3, 0.4) is 0 Å². The van der Waals surface area contributed by atoms with E-state index in [1.807, 2.05) is 55.4 Å². The van der Waals surface area contributed by atoms with E-state index in [-0.39, 0.29) is 18.5 Å². The van der Waals surface area contributed by atoms with E-state index in [1.54, 1.807) is 43.0 Å². The van der Waals surface area contributed by atoms with Crippen LogP contribution in [-0.2, 0) is 32.1 Å². The standard InChI is InChI=1S/C19H16N4.C17H13N5.C16H12N4S.C15H16N4.C13H12N4/c1-13-6-2-4-8-15(13)23-18-10-14-7-3-5-9-16(14)22(18)17-11-20-12-21-19(17)23;1-2-6-13-12(5-1)9-16-21(13)14-10-18-11-20-17(14)22(16)15-7-3-4-8-19-15;1-2-5-12-11(4-1)8-14-19(12)13-9-17-10-18-16(13)20(14)15-6-3-7-21-15;1-10(2)18-14-7-11-5-3-4-6-12(11)19(14)13-8-16-9-17-15(13)18;1-16-12-6-9-4-2-3-5-10(9)17(12)11-7-14-8-15-13(11)16/h2-9,11-12,18H,10H2,1H3;1-8,10-11,16H,9H2;1-7,9-10,14H,8H2;3-6,8-10,14H,7H2,1-2H3;2-5,7-8,12H,6H2,1H3. The van der Waals surface area contributed by atoms with Gasteiger partial charge < -0.3 is 39.2 Å². The highest BCUT2D eigenvalue weighted by molar-refractivity contribution is 7.14. The molecule has 500 valence electrons. The minimum Gasteiger partial charge on any atom is -0.337 e. The van der Waals surface area contributed by atoms with Gasteiger partial charge in [0.05, 0.1) is 36.0 Å². The Morgan fingerprint density at radius 3 is 1.15 bits per heavy atom. The van der Waals surface area contributed by atoms with Crippen LogP contribution in [0.4, 0.5) is 102 Å². The Bertz CT molecular complexity index is 5300. The summed E-state index contributed by atoms with van der Waals surface area (Å²) in [6.07, 6.45) is 25.9. The van der Waals surface area contributed by atoms with E-state index in [0.29, 0.717) is 18.4 Å². The molecule has 0 radical (unpaired) electrons. The number of hydrogen-bond donors (Lipinski definition) is 0. The highest BCUT2D eigenvalue weighted by Gasteiger charge is 2.49. The second-order valence-electron chi connectivity index (χ2n) is 26.7. The highest BCUT2D eigenvalue weighted by Crippen LogP contribution is 2.56. The molecule has 17 heterocycles. The lowest BCUT2D eigenvalue weighted by Gasteiger charge is -2.30. The Balaban J connectivity index is 0.0000000885. The minimum atomic E-state index is 0.180. The van der Waals surface area contributed by atoms with Crippen molar-refractivity contribution < 1.29 is 0 Å². The largest absolute Gasteiger partial charge is 0.337 e. The highest BCUT2D eigenvalue weighted by atomic mass is 32.1. The molecule has 0 saturated heterocycles. The fourth-order valence-electron chi connectivity index (χ4n) is 16.7. The van der Waals surface area contributed by atoms with Crippen LogP contribution in [0.25, 0.3) is 0 Å². The summed E-state index contributed by atoms with van der Waals surface area (Å²) in [7, 11) is 2.10. The smallest absolute Gasteiger partial charge is 0.163 e. The van der Waals surface area contributed by atoms with Crippen molar-refractivity contribution in [2.24, 2.45) is 0 Å². The van der Waals surface area contributed by atoms with E-state index in [0.717, 1.165) is 95.4 Å². The predicted molar refractivity (Wildman–Crippen MR) is 403 cm³/mol. The van der Waals surface area contributed by atoms with Gasteiger partial charge in [0.15, 0.2) is 29.1 Å². The van der Waals surface area contributed by atoms with Crippen LogP contribution in [0.5, 0.6) is 0 Å². The first-order valence-electron chi connectivity index (χ1n) is 34.6. The van der Waals surface area contributed by atoms with Crippen molar-refractivity contribution in [2.75, 3.05) is 56.0 Å². The molecule has 0 bridgehead atoms. The lowest BCUT2D eigenvalue weighted by Crippen LogP contribution is -2.43. The zero-order chi connectivity index (χ0) is 68.1. The number of aryl methyl sites for hydroxylation is 1. The SMILES string of the molecule is CC(C)N1c2ncncc2N2c3ccccc3CC21.CN1c2ncncc2N2c3ccccc3CC12.Cc1ccccc1N1c2ncncc2N2c3ccccc3CC21.c1ccc(N2c3ncncc3N3c4ccccc4CC32)nc1.c1csc(N2c3ncncc3N3c4ccccc4CC32)c1. The van der Waals surface area contributed by atoms with Gasteiger partial charge in [0, 0.05) is 85.5 Å². The van der Waals surface area contributed by atoms with Gasteiger partial charge in [-0.25, -0.2) is 54.8 Å². The lowest BCUT2D eigenvalue weighted by molar-refractivity contribution is 0.585. The van der Waals surface area contributed by atoms with Crippen molar-refractivity contribution >= 4 is 114 Å². The Kier molecular flexibility index (Phi) is 14.7. The Morgan fingerprint density at radius 2 is 0.686 bits per heavy atom. The molecule has 0 aliphatic carbocycles. The number of anilines is 18. The van der Waals surface area contributed by atoms with Crippen LogP contribution in [0, 0.1) is 6.92 Å². The number of para-hydroxylation sites is 6. The lowest BCUT2D eigenvalue weighted by atomic mass is 10.1. The molecule has 7 aromatic heterocycles. The summed E-state index contributed by atoms with van der Waals surface area (Å²) >= 11 is 1.75. The Morgan fingerprint density at radius 1 is 0.324 bits per heavy atom. The molecule has 5 unspecified atom stereocenters. The van der Waals surface area contributed by atoms with Crippen molar-refractivity contribution in [3.05, 3.63) is 284 Å². The molecule has 10 aliphatic rings. The Hall–Kier alpha value is -12.4. The van der Waals surface area contributed by atoms with Gasteiger partial charge in [-0.1, -0.05) is 115 Å². The van der Waals surface area contributed by atoms with E-state index in [2.05, 4.69) is 295 Å². The maximum absolute atomic E-state index is 4.59. The molecule has 0 saturated carbocycles. The molecule has 102 heavy (non-hydrogen) atoms. The number of likely N-dealkylation sites (N-methyl/N-ethyl adjacent to an activating group) is 1. The second kappa shape index (κ2) is 24.8. The van der Waals surface area contributed by atoms with Gasteiger partial charge in [-0.05, 0) is 120 Å². The predicted octanol–water partition coefficient (Wildman–Crippen LogP) is 15.4. The monoisotopic (exact) mass is 1360 g/mol. The summed E-state index contributed by atoms with van der Waals surface area (Å²) < 4.78 is 0. The summed E-state index contributed by atoms with van der Waals surface area (Å²) in [4.78, 5) is 71.4. The molecule has 22 heteroatoms. The van der Waals surface area contributed by atoms with Crippen LogP contribution in [0.15, 0.2) is 250 Å². The van der Waals surface area contributed by atoms with E-state index < -0.39 is 0 Å². The average Bonchev–Trinajstić information content (AvgIpc) is 1.59. The molecule has 0 fully saturated rings. The second-order valence-corrected chi connectivity index (χ2v) is 27.6. The van der Waals surface area contributed by atoms with E-state index in [1.165, 1.54) is 72.5 Å². The van der Waals surface area contributed by atoms with Gasteiger partial charge in [0.1, 0.15) is 96.7 Å². The molecule has 13 aromatic rings. The number of hydrogen-bond acceptors (Lipinski definition) is 22. The maximum Gasteiger partial charge on any atom is 0.163 e. The van der Waals surface area contributed by atoms with Crippen LogP contribution in [0.2, 0.25) is 0 Å². The molecule has 21 nitrogen and oxygen atoms in total. The number of fused-ring (bicyclic) bond motifs is 25. The van der Waals surface area contributed by atoms with Crippen molar-refractivity contribution in [2.45, 2.75) is 89.7 Å². The summed E-state index contributed by atoms with van der Waals surface area (Å²) in [5.74, 6) is 5.93. The Labute approximate surface area is 594 Å². The number of pyridine rings is 1. The van der Waals surface area contributed by atoms with Crippen molar-refractivity contribution in [1.82, 2.24) is 54.8 Å². The topological polar surface area (TPSA) is 174 Å². The molecular formula is C80H69N21S. The minimum absolute atomic E-state index is 0.180. The number of nitrogens with zero attached hydrogens (tertiary/aromatic N) is 21. The van der Waals surface area contributed by atoms with Gasteiger partial charge in [0.2, 0.25) is 0 Å². The number of benzene rings is 6. The number of thiophene rings is 1. The van der Waals surface area contributed by atoms with E-state index >= 15 is 0 Å². The zero-order valence-corrected chi connectivity index (χ0v) is 57.3. The zero-order valence-electron chi connectivity index (χ0n) is 56.5. The van der Waals surface area contributed by atoms with Crippen molar-refractivity contribution in [1.29, 1.82) is 0 Å². The third kappa shape index (κ3) is 9.74. The van der Waals surface area contributed by atoms with Crippen molar-refractivity contribution in [3.8, 4) is 0 Å². The molecule has 0 amide bonds. The normalized spacial score (nSPS) is 18.8. The fourth-order valence-corrected chi connectivity index (χ4v) is 17.5. The summed E-state index contributed by atoms with van der Waals surface area (Å²) in [6.45, 7) is 6.59. The van der Waals surface area contributed by atoms with Gasteiger partial charge in [-0.15, -0.1) is 11.3 Å². The van der Waals surface area contributed by atoms with E-state index in [4.69, 9.17) is 0 Å². The summed E-state index contributed by atoms with van der Waals surface area (Å²) in [5, 5.41) is 3.34. The molecule has 0 spiro atoms. The first kappa shape index (κ1) is 60.7.